The van der Waals surface area contributed by atoms with E-state index in [1.165, 1.54) is 0 Å². The van der Waals surface area contributed by atoms with Gasteiger partial charge in [0.2, 0.25) is 0 Å². The number of nitrogens with two attached hydrogens (primary N) is 1. The molecule has 0 radical (unpaired) electrons. The summed E-state index contributed by atoms with van der Waals surface area (Å²) in [5.41, 5.74) is 7.33. The maximum Gasteiger partial charge on any atom is 0.126 e. The van der Waals surface area contributed by atoms with Crippen LogP contribution in [0.25, 0.3) is 0 Å². The van der Waals surface area contributed by atoms with Gasteiger partial charge in [-0.25, -0.2) is 0 Å². The highest BCUT2D eigenvalue weighted by molar-refractivity contribution is 9.10. The van der Waals surface area contributed by atoms with E-state index in [2.05, 4.69) is 27.1 Å². The van der Waals surface area contributed by atoms with Crippen LogP contribution in [0.3, 0.4) is 0 Å². The molecule has 1 aliphatic carbocycles. The number of hydrogen-bond donors (Lipinski definition) is 1. The fourth-order valence-electron chi connectivity index (χ4n) is 1.93. The third-order valence-corrected chi connectivity index (χ3v) is 4.37. The molecule has 1 aromatic rings. The minimum atomic E-state index is -0.761. The molecule has 1 saturated carbocycles. The van der Waals surface area contributed by atoms with Crippen LogP contribution in [0.15, 0.2) is 4.47 Å². The van der Waals surface area contributed by atoms with E-state index in [1.54, 1.807) is 0 Å². The summed E-state index contributed by atoms with van der Waals surface area (Å²) >= 11 is 3.48. The molecular weight excluding hydrogens is 268 g/mol. The van der Waals surface area contributed by atoms with Gasteiger partial charge in [0, 0.05) is 5.69 Å². The van der Waals surface area contributed by atoms with Crippen molar-refractivity contribution in [2.45, 2.75) is 38.8 Å². The van der Waals surface area contributed by atoms with Gasteiger partial charge in [0.15, 0.2) is 0 Å². The van der Waals surface area contributed by atoms with Crippen LogP contribution in [0.1, 0.15) is 24.2 Å². The van der Waals surface area contributed by atoms with Crippen LogP contribution >= 0.6 is 15.9 Å². The number of aryl methyl sites for hydroxylation is 1. The summed E-state index contributed by atoms with van der Waals surface area (Å²) < 4.78 is 2.84. The smallest absolute Gasteiger partial charge is 0.126 e. The van der Waals surface area contributed by atoms with Crippen molar-refractivity contribution in [3.05, 3.63) is 15.9 Å². The molecule has 1 aliphatic rings. The van der Waals surface area contributed by atoms with Gasteiger partial charge in [-0.2, -0.15) is 10.4 Å². The maximum atomic E-state index is 9.20. The number of nitrogens with zero attached hydrogens (tertiary/aromatic N) is 3. The van der Waals surface area contributed by atoms with Crippen LogP contribution in [-0.4, -0.2) is 15.3 Å². The fourth-order valence-corrected chi connectivity index (χ4v) is 2.22. The average molecular weight is 283 g/mol. The summed E-state index contributed by atoms with van der Waals surface area (Å²) in [7, 11) is 0. The van der Waals surface area contributed by atoms with Crippen LogP contribution < -0.4 is 5.73 Å². The van der Waals surface area contributed by atoms with Crippen LogP contribution in [-0.2, 0) is 6.54 Å². The zero-order valence-corrected chi connectivity index (χ0v) is 11.1. The molecule has 2 N–H and O–H groups in total. The maximum absolute atomic E-state index is 9.20. The van der Waals surface area contributed by atoms with Crippen LogP contribution in [0.4, 0.5) is 0 Å². The van der Waals surface area contributed by atoms with Crippen molar-refractivity contribution >= 4 is 15.9 Å². The summed E-state index contributed by atoms with van der Waals surface area (Å²) in [5, 5.41) is 13.6. The van der Waals surface area contributed by atoms with Crippen LogP contribution in [0.2, 0.25) is 0 Å². The molecule has 4 nitrogen and oxygen atoms in total. The van der Waals surface area contributed by atoms with Crippen molar-refractivity contribution in [2.24, 2.45) is 11.7 Å². The average Bonchev–Trinajstić information content (AvgIpc) is 3.06. The summed E-state index contributed by atoms with van der Waals surface area (Å²) in [6, 6.07) is 2.25. The molecule has 1 heterocycles. The highest BCUT2D eigenvalue weighted by atomic mass is 79.9. The van der Waals surface area contributed by atoms with Crippen molar-refractivity contribution in [2.75, 3.05) is 0 Å². The Kier molecular flexibility index (Phi) is 2.81. The van der Waals surface area contributed by atoms with Crippen molar-refractivity contribution < 1.29 is 0 Å². The molecule has 0 bridgehead atoms. The van der Waals surface area contributed by atoms with E-state index >= 15 is 0 Å². The predicted octanol–water partition coefficient (Wildman–Crippen LogP) is 1.89. The minimum Gasteiger partial charge on any atom is -0.312 e. The molecule has 2 rings (SSSR count). The molecule has 0 aromatic carbocycles. The molecular formula is C11H15BrN4. The van der Waals surface area contributed by atoms with E-state index < -0.39 is 5.54 Å². The quantitative estimate of drug-likeness (QED) is 0.921. The van der Waals surface area contributed by atoms with Crippen molar-refractivity contribution in [1.82, 2.24) is 9.78 Å². The number of hydrogen-bond acceptors (Lipinski definition) is 3. The zero-order valence-electron chi connectivity index (χ0n) is 9.50. The third kappa shape index (κ3) is 1.87. The van der Waals surface area contributed by atoms with Gasteiger partial charge in [-0.1, -0.05) is 0 Å². The lowest BCUT2D eigenvalue weighted by molar-refractivity contribution is 0.379. The fraction of sp³-hybridized carbons (Fsp3) is 0.636. The normalized spacial score (nSPS) is 19.2. The number of halogens is 1. The topological polar surface area (TPSA) is 67.6 Å². The van der Waals surface area contributed by atoms with Gasteiger partial charge in [0.25, 0.3) is 0 Å². The summed E-state index contributed by atoms with van der Waals surface area (Å²) in [5.74, 6) is 0.334. The first-order valence-corrected chi connectivity index (χ1v) is 6.17. The monoisotopic (exact) mass is 282 g/mol. The second-order valence-corrected chi connectivity index (χ2v) is 5.36. The molecule has 16 heavy (non-hydrogen) atoms. The molecule has 1 unspecified atom stereocenters. The molecule has 1 fully saturated rings. The first-order chi connectivity index (χ1) is 7.48. The van der Waals surface area contributed by atoms with Crippen LogP contribution in [0, 0.1) is 31.1 Å². The van der Waals surface area contributed by atoms with Crippen molar-refractivity contribution in [1.29, 1.82) is 5.26 Å². The highest BCUT2D eigenvalue weighted by Gasteiger charge is 2.43. The van der Waals surface area contributed by atoms with E-state index in [1.807, 2.05) is 18.5 Å². The molecule has 0 amide bonds. The van der Waals surface area contributed by atoms with Gasteiger partial charge in [0.05, 0.1) is 22.8 Å². The first kappa shape index (κ1) is 11.6. The number of rotatable bonds is 3. The second-order valence-electron chi connectivity index (χ2n) is 4.57. The SMILES string of the molecule is Cc1nn(CC(N)(C#N)C2CC2)c(C)c1Br. The molecule has 0 spiro atoms. The summed E-state index contributed by atoms with van der Waals surface area (Å²) in [6.07, 6.45) is 2.12. The Hall–Kier alpha value is -0.860. The van der Waals surface area contributed by atoms with Gasteiger partial charge in [-0.05, 0) is 48.5 Å². The van der Waals surface area contributed by atoms with E-state index in [-0.39, 0.29) is 0 Å². The van der Waals surface area contributed by atoms with Gasteiger partial charge < -0.3 is 5.73 Å². The standard InChI is InChI=1S/C11H15BrN4/c1-7-10(12)8(2)16(15-7)6-11(14,5-13)9-3-4-9/h9H,3-4,6,14H2,1-2H3. The number of aromatic nitrogens is 2. The Morgan fingerprint density at radius 2 is 2.25 bits per heavy atom. The lowest BCUT2D eigenvalue weighted by Gasteiger charge is -2.21. The first-order valence-electron chi connectivity index (χ1n) is 5.37. The largest absolute Gasteiger partial charge is 0.312 e. The van der Waals surface area contributed by atoms with Crippen molar-refractivity contribution in [3.63, 3.8) is 0 Å². The van der Waals surface area contributed by atoms with Gasteiger partial charge in [-0.15, -0.1) is 0 Å². The van der Waals surface area contributed by atoms with E-state index in [4.69, 9.17) is 5.73 Å². The Labute approximate surface area is 104 Å². The minimum absolute atomic E-state index is 0.334. The lowest BCUT2D eigenvalue weighted by atomic mass is 9.96. The Bertz CT molecular complexity index is 455. The second kappa shape index (κ2) is 3.86. The van der Waals surface area contributed by atoms with E-state index in [0.29, 0.717) is 12.5 Å². The third-order valence-electron chi connectivity index (χ3n) is 3.22. The predicted molar refractivity (Wildman–Crippen MR) is 64.7 cm³/mol. The van der Waals surface area contributed by atoms with E-state index in [0.717, 1.165) is 28.7 Å². The highest BCUT2D eigenvalue weighted by Crippen LogP contribution is 2.39. The molecule has 0 saturated heterocycles. The zero-order chi connectivity index (χ0) is 11.9. The molecule has 1 aromatic heterocycles. The van der Waals surface area contributed by atoms with Crippen molar-refractivity contribution in [3.8, 4) is 6.07 Å². The Balaban J connectivity index is 2.26. The Morgan fingerprint density at radius 1 is 1.62 bits per heavy atom. The Morgan fingerprint density at radius 3 is 2.62 bits per heavy atom. The summed E-state index contributed by atoms with van der Waals surface area (Å²) in [4.78, 5) is 0. The van der Waals surface area contributed by atoms with Gasteiger partial charge in [-0.3, -0.25) is 4.68 Å². The van der Waals surface area contributed by atoms with Gasteiger partial charge >= 0.3 is 0 Å². The molecule has 86 valence electrons. The summed E-state index contributed by atoms with van der Waals surface area (Å²) in [6.45, 7) is 4.40. The molecule has 1 atom stereocenters. The number of nitriles is 1. The molecule has 5 heteroatoms. The van der Waals surface area contributed by atoms with Gasteiger partial charge in [0.1, 0.15) is 5.54 Å². The van der Waals surface area contributed by atoms with E-state index in [9.17, 15) is 5.26 Å². The molecule has 0 aliphatic heterocycles. The van der Waals surface area contributed by atoms with Crippen LogP contribution in [0.5, 0.6) is 0 Å². The lowest BCUT2D eigenvalue weighted by Crippen LogP contribution is -2.45.